The lowest BCUT2D eigenvalue weighted by molar-refractivity contribution is 0.133. The van der Waals surface area contributed by atoms with E-state index in [1.807, 2.05) is 6.92 Å². The standard InChI is InChI=1S/C14H24N2O3S/c1-3-8-19-9-4-7-16-20(17,18)14-6-5-13(11-15)10-12(14)2/h5-6,10,16H,3-4,7-9,11,15H2,1-2H3. The zero-order chi connectivity index (χ0) is 15.0. The molecule has 0 aliphatic carbocycles. The summed E-state index contributed by atoms with van der Waals surface area (Å²) in [4.78, 5) is 0.309. The fourth-order valence-corrected chi connectivity index (χ4v) is 3.14. The van der Waals surface area contributed by atoms with E-state index in [2.05, 4.69) is 4.72 Å². The molecule has 0 radical (unpaired) electrons. The molecule has 0 fully saturated rings. The second-order valence-electron chi connectivity index (χ2n) is 4.67. The van der Waals surface area contributed by atoms with Crippen molar-refractivity contribution in [2.45, 2.75) is 38.1 Å². The van der Waals surface area contributed by atoms with Crippen LogP contribution in [-0.4, -0.2) is 28.2 Å². The van der Waals surface area contributed by atoms with Gasteiger partial charge >= 0.3 is 0 Å². The third-order valence-electron chi connectivity index (χ3n) is 2.87. The lowest BCUT2D eigenvalue weighted by atomic mass is 10.1. The van der Waals surface area contributed by atoms with Gasteiger partial charge in [0.25, 0.3) is 0 Å². The van der Waals surface area contributed by atoms with E-state index in [4.69, 9.17) is 10.5 Å². The molecule has 0 unspecified atom stereocenters. The average Bonchev–Trinajstić information content (AvgIpc) is 2.42. The number of sulfonamides is 1. The number of hydrogen-bond acceptors (Lipinski definition) is 4. The Hall–Kier alpha value is -0.950. The van der Waals surface area contributed by atoms with Gasteiger partial charge in [-0.3, -0.25) is 0 Å². The van der Waals surface area contributed by atoms with Crippen LogP contribution >= 0.6 is 0 Å². The van der Waals surface area contributed by atoms with Crippen LogP contribution in [0.2, 0.25) is 0 Å². The molecule has 0 saturated carbocycles. The van der Waals surface area contributed by atoms with Crippen LogP contribution in [0, 0.1) is 6.92 Å². The number of hydrogen-bond donors (Lipinski definition) is 2. The number of ether oxygens (including phenoxy) is 1. The number of nitrogens with two attached hydrogens (primary N) is 1. The van der Waals surface area contributed by atoms with Gasteiger partial charge in [-0.2, -0.15) is 0 Å². The van der Waals surface area contributed by atoms with Gasteiger partial charge in [0, 0.05) is 26.3 Å². The van der Waals surface area contributed by atoms with Crippen molar-refractivity contribution in [2.75, 3.05) is 19.8 Å². The maximum atomic E-state index is 12.2. The molecule has 1 rings (SSSR count). The second kappa shape index (κ2) is 8.36. The highest BCUT2D eigenvalue weighted by Gasteiger charge is 2.15. The molecule has 0 aliphatic rings. The average molecular weight is 300 g/mol. The molecule has 0 bridgehead atoms. The Morgan fingerprint density at radius 3 is 2.65 bits per heavy atom. The summed E-state index contributed by atoms with van der Waals surface area (Å²) >= 11 is 0. The van der Waals surface area contributed by atoms with Crippen LogP contribution < -0.4 is 10.5 Å². The summed E-state index contributed by atoms with van der Waals surface area (Å²) in [6.45, 7) is 5.88. The van der Waals surface area contributed by atoms with E-state index in [1.165, 1.54) is 0 Å². The van der Waals surface area contributed by atoms with Gasteiger partial charge in [-0.25, -0.2) is 13.1 Å². The Morgan fingerprint density at radius 1 is 1.30 bits per heavy atom. The van der Waals surface area contributed by atoms with E-state index in [0.29, 0.717) is 43.2 Å². The maximum Gasteiger partial charge on any atom is 0.240 e. The lowest BCUT2D eigenvalue weighted by Gasteiger charge is -2.10. The first-order valence-corrected chi connectivity index (χ1v) is 8.36. The van der Waals surface area contributed by atoms with Crippen LogP contribution in [0.1, 0.15) is 30.9 Å². The molecule has 0 amide bonds. The van der Waals surface area contributed by atoms with E-state index in [-0.39, 0.29) is 0 Å². The summed E-state index contributed by atoms with van der Waals surface area (Å²) in [7, 11) is -3.46. The van der Waals surface area contributed by atoms with Gasteiger partial charge in [-0.15, -0.1) is 0 Å². The quantitative estimate of drug-likeness (QED) is 0.678. The minimum Gasteiger partial charge on any atom is -0.381 e. The van der Waals surface area contributed by atoms with Gasteiger partial charge in [-0.05, 0) is 37.0 Å². The van der Waals surface area contributed by atoms with Gasteiger partial charge < -0.3 is 10.5 Å². The van der Waals surface area contributed by atoms with E-state index < -0.39 is 10.0 Å². The number of benzene rings is 1. The first-order valence-electron chi connectivity index (χ1n) is 6.88. The highest BCUT2D eigenvalue weighted by molar-refractivity contribution is 7.89. The minimum absolute atomic E-state index is 0.309. The fraction of sp³-hybridized carbons (Fsp3) is 0.571. The van der Waals surface area contributed by atoms with Crippen molar-refractivity contribution in [3.63, 3.8) is 0 Å². The molecule has 3 N–H and O–H groups in total. The normalized spacial score (nSPS) is 11.8. The van der Waals surface area contributed by atoms with Gasteiger partial charge in [0.2, 0.25) is 10.0 Å². The molecule has 6 heteroatoms. The molecule has 1 aromatic rings. The van der Waals surface area contributed by atoms with Crippen LogP contribution in [-0.2, 0) is 21.3 Å². The molecule has 114 valence electrons. The van der Waals surface area contributed by atoms with Crippen LogP contribution in [0.15, 0.2) is 23.1 Å². The monoisotopic (exact) mass is 300 g/mol. The lowest BCUT2D eigenvalue weighted by Crippen LogP contribution is -2.26. The summed E-state index contributed by atoms with van der Waals surface area (Å²) < 4.78 is 32.2. The smallest absolute Gasteiger partial charge is 0.240 e. The summed E-state index contributed by atoms with van der Waals surface area (Å²) in [5.41, 5.74) is 7.17. The first kappa shape index (κ1) is 17.1. The van der Waals surface area contributed by atoms with Gasteiger partial charge in [0.15, 0.2) is 0 Å². The number of aryl methyl sites for hydroxylation is 1. The van der Waals surface area contributed by atoms with Crippen molar-refractivity contribution in [3.05, 3.63) is 29.3 Å². The Kier molecular flexibility index (Phi) is 7.15. The van der Waals surface area contributed by atoms with E-state index >= 15 is 0 Å². The molecular formula is C14H24N2O3S. The molecule has 20 heavy (non-hydrogen) atoms. The van der Waals surface area contributed by atoms with E-state index in [9.17, 15) is 8.42 Å². The van der Waals surface area contributed by atoms with Crippen LogP contribution in [0.4, 0.5) is 0 Å². The number of nitrogens with one attached hydrogen (secondary N) is 1. The van der Waals surface area contributed by atoms with E-state index in [1.54, 1.807) is 25.1 Å². The molecule has 0 aliphatic heterocycles. The largest absolute Gasteiger partial charge is 0.381 e. The minimum atomic E-state index is -3.46. The van der Waals surface area contributed by atoms with Crippen molar-refractivity contribution < 1.29 is 13.2 Å². The zero-order valence-electron chi connectivity index (χ0n) is 12.2. The molecular weight excluding hydrogens is 276 g/mol. The predicted molar refractivity (Wildman–Crippen MR) is 80.0 cm³/mol. The third kappa shape index (κ3) is 5.20. The Labute approximate surface area is 121 Å². The van der Waals surface area contributed by atoms with Crippen LogP contribution in [0.25, 0.3) is 0 Å². The summed E-state index contributed by atoms with van der Waals surface area (Å²) in [5, 5.41) is 0. The Balaban J connectivity index is 2.56. The fourth-order valence-electron chi connectivity index (χ4n) is 1.84. The van der Waals surface area contributed by atoms with Crippen LogP contribution in [0.3, 0.4) is 0 Å². The molecule has 0 aromatic heterocycles. The summed E-state index contributed by atoms with van der Waals surface area (Å²) in [5.74, 6) is 0. The Morgan fingerprint density at radius 2 is 2.05 bits per heavy atom. The molecule has 0 spiro atoms. The topological polar surface area (TPSA) is 81.4 Å². The third-order valence-corrected chi connectivity index (χ3v) is 4.49. The summed E-state index contributed by atoms with van der Waals surface area (Å²) in [6.07, 6.45) is 1.64. The van der Waals surface area contributed by atoms with Gasteiger partial charge in [0.1, 0.15) is 0 Å². The van der Waals surface area contributed by atoms with Crippen molar-refractivity contribution in [3.8, 4) is 0 Å². The van der Waals surface area contributed by atoms with Crippen molar-refractivity contribution in [1.29, 1.82) is 0 Å². The van der Waals surface area contributed by atoms with Crippen molar-refractivity contribution in [2.24, 2.45) is 5.73 Å². The van der Waals surface area contributed by atoms with E-state index in [0.717, 1.165) is 12.0 Å². The molecule has 0 saturated heterocycles. The van der Waals surface area contributed by atoms with Crippen molar-refractivity contribution in [1.82, 2.24) is 4.72 Å². The number of rotatable bonds is 9. The molecule has 0 atom stereocenters. The van der Waals surface area contributed by atoms with Crippen molar-refractivity contribution >= 4 is 10.0 Å². The highest BCUT2D eigenvalue weighted by atomic mass is 32.2. The summed E-state index contributed by atoms with van der Waals surface area (Å²) in [6, 6.07) is 5.15. The SMILES string of the molecule is CCCOCCCNS(=O)(=O)c1ccc(CN)cc1C. The predicted octanol–water partition coefficient (Wildman–Crippen LogP) is 1.55. The van der Waals surface area contributed by atoms with Crippen LogP contribution in [0.5, 0.6) is 0 Å². The molecule has 1 aromatic carbocycles. The zero-order valence-corrected chi connectivity index (χ0v) is 13.0. The maximum absolute atomic E-state index is 12.2. The highest BCUT2D eigenvalue weighted by Crippen LogP contribution is 2.16. The van der Waals surface area contributed by atoms with Gasteiger partial charge in [0.05, 0.1) is 4.90 Å². The first-order chi connectivity index (χ1) is 9.51. The van der Waals surface area contributed by atoms with Gasteiger partial charge in [-0.1, -0.05) is 19.1 Å². The Bertz CT molecular complexity index is 515. The molecule has 5 nitrogen and oxygen atoms in total. The molecule has 0 heterocycles. The second-order valence-corrected chi connectivity index (χ2v) is 6.40.